The molecule has 0 amide bonds. The third-order valence-electron chi connectivity index (χ3n) is 0.231. The number of hydrogen-bond donors (Lipinski definition) is 1. The van der Waals surface area contributed by atoms with Crippen LogP contribution in [0.1, 0.15) is 0 Å². The van der Waals surface area contributed by atoms with Crippen molar-refractivity contribution in [2.45, 2.75) is 0 Å². The lowest BCUT2D eigenvalue weighted by Gasteiger charge is -1.96. The molecule has 0 radical (unpaired) electrons. The zero-order chi connectivity index (χ0) is 4.99. The van der Waals surface area contributed by atoms with Crippen molar-refractivity contribution in [1.82, 2.24) is 4.90 Å². The van der Waals surface area contributed by atoms with Crippen LogP contribution >= 0.6 is 0 Å². The molecule has 30 valence electrons. The summed E-state index contributed by atoms with van der Waals surface area (Å²) in [5, 5.41) is 2.99. The van der Waals surface area contributed by atoms with Gasteiger partial charge in [0.2, 0.25) is 0 Å². The first-order valence-electron chi connectivity index (χ1n) is 1.86. The standard InChI is InChI=1S/C3H8N2/c1-5(2)3-4/h3-4H,1-2H3/b4-3+. The molecular formula is C3H8N2. The summed E-state index contributed by atoms with van der Waals surface area (Å²) in [6, 6.07) is 0. The number of nitrogens with zero attached hydrogens (tertiary/aromatic N) is 1. The fourth-order valence-electron chi connectivity index (χ4n) is 0. The summed E-state index contributed by atoms with van der Waals surface area (Å²) in [5.74, 6) is 0. The van der Waals surface area contributed by atoms with Gasteiger partial charge < -0.3 is 4.90 Å². The smallest absolute Gasteiger partial charge is 0.189 e. The van der Waals surface area contributed by atoms with Crippen molar-refractivity contribution in [1.29, 1.82) is 5.40 Å². The van der Waals surface area contributed by atoms with Crippen LogP contribution in [0.4, 0.5) is 0 Å². The zero-order valence-corrected chi connectivity index (χ0v) is 3.47. The van der Waals surface area contributed by atoms with Crippen LogP contribution in [0.5, 0.6) is 0 Å². The molecule has 0 bridgehead atoms. The lowest BCUT2D eigenvalue weighted by atomic mass is 11.0. The minimum atomic E-state index is 1.42. The van der Waals surface area contributed by atoms with E-state index in [0.717, 1.165) is 0 Å². The molecule has 0 spiro atoms. The van der Waals surface area contributed by atoms with Gasteiger partial charge in [-0.2, -0.15) is 0 Å². The largest absolute Gasteiger partial charge is 0.369 e. The lowest BCUT2D eigenvalue weighted by molar-refractivity contribution is 0.639. The maximum atomic E-state index is 6.26. The van der Waals surface area contributed by atoms with E-state index < -0.39 is 0 Å². The molecule has 0 aromatic rings. The Balaban J connectivity index is 3.03. The van der Waals surface area contributed by atoms with Crippen LogP contribution in [0.3, 0.4) is 0 Å². The fraction of sp³-hybridized carbons (Fsp3) is 0.667. The van der Waals surface area contributed by atoms with Gasteiger partial charge >= 0.3 is 0 Å². The average Bonchev–Trinajstić information content (AvgIpc) is 1.35. The van der Waals surface area contributed by atoms with Crippen molar-refractivity contribution in [3.05, 3.63) is 0 Å². The van der Waals surface area contributed by atoms with E-state index in [1.807, 2.05) is 14.1 Å². The summed E-state index contributed by atoms with van der Waals surface area (Å²) in [4.78, 5) is 1.70. The van der Waals surface area contributed by atoms with Crippen LogP contribution in [0.25, 0.3) is 0 Å². The van der Waals surface area contributed by atoms with Crippen molar-refractivity contribution in [3.8, 4) is 0 Å². The van der Waals surface area contributed by atoms with Gasteiger partial charge in [0.25, 0.3) is 0 Å². The normalized spacial score (nSPS) is 12.0. The molecule has 0 heterocycles. The number of rotatable bonds is 1. The molecule has 5 heavy (non-hydrogen) atoms. The Morgan fingerprint density at radius 2 is 2.60 bits per heavy atom. The van der Waals surface area contributed by atoms with Gasteiger partial charge in [0.05, 0.1) is 6.34 Å². The molecule has 0 fully saturated rings. The number of nitrogens with one attached hydrogen (secondary N) is 1. The molecule has 0 atom stereocenters. The van der Waals surface area contributed by atoms with E-state index in [9.17, 15) is 0 Å². The van der Waals surface area contributed by atoms with Crippen molar-refractivity contribution in [2.75, 3.05) is 14.1 Å². The molecule has 0 aliphatic rings. The Morgan fingerprint density at radius 1 is 2.00 bits per heavy atom. The Hall–Kier alpha value is -0.530. The summed E-state index contributed by atoms with van der Waals surface area (Å²) in [7, 11) is 3.64. The van der Waals surface area contributed by atoms with Gasteiger partial charge in [-0.1, -0.05) is 0 Å². The van der Waals surface area contributed by atoms with E-state index in [-0.39, 0.29) is 0 Å². The summed E-state index contributed by atoms with van der Waals surface area (Å²) < 4.78 is 6.26. The summed E-state index contributed by atoms with van der Waals surface area (Å²) in [5.41, 5.74) is 0. The van der Waals surface area contributed by atoms with E-state index >= 15 is 0 Å². The molecule has 0 aromatic heterocycles. The van der Waals surface area contributed by atoms with E-state index in [1.165, 1.54) is 6.34 Å². The molecule has 1 N–H and O–H groups in total. The van der Waals surface area contributed by atoms with Crippen LogP contribution < -0.4 is 0 Å². The highest BCUT2D eigenvalue weighted by Crippen LogP contribution is 1.53. The molecule has 0 rings (SSSR count). The second-order valence-corrected chi connectivity index (χ2v) is 1.08. The Bertz CT molecular complexity index is 50.8. The van der Waals surface area contributed by atoms with Crippen LogP contribution in [0.2, 0.25) is 1.41 Å². The second-order valence-electron chi connectivity index (χ2n) is 1.08. The van der Waals surface area contributed by atoms with E-state index in [4.69, 9.17) is 1.41 Å². The minimum absolute atomic E-state index is 1.42. The van der Waals surface area contributed by atoms with Gasteiger partial charge in [-0.15, -0.1) is 0 Å². The first-order valence-corrected chi connectivity index (χ1v) is 1.41. The molecular weight excluding hydrogens is 64.0 g/mol. The zero-order valence-electron chi connectivity index (χ0n) is 4.47. The average molecular weight is 72.1 g/mol. The SMILES string of the molecule is [H]/N=C/N(C)C. The molecule has 2 heteroatoms. The second kappa shape index (κ2) is 1.76. The molecule has 0 aliphatic heterocycles. The first-order chi connectivity index (χ1) is 2.77. The maximum Gasteiger partial charge on any atom is 0.189 e. The predicted octanol–water partition coefficient (Wildman–Crippen LogP) is 0.155. The summed E-state index contributed by atoms with van der Waals surface area (Å²) >= 11 is 0. The van der Waals surface area contributed by atoms with Crippen LogP contribution in [0, 0.1) is 5.40 Å². The van der Waals surface area contributed by atoms with Gasteiger partial charge in [-0.3, -0.25) is 5.40 Å². The lowest BCUT2D eigenvalue weighted by Crippen LogP contribution is -2.05. The topological polar surface area (TPSA) is 27.1 Å². The van der Waals surface area contributed by atoms with Crippen LogP contribution in [0.15, 0.2) is 0 Å². The highest BCUT2D eigenvalue weighted by Gasteiger charge is 1.64. The summed E-state index contributed by atoms with van der Waals surface area (Å²) in [6.07, 6.45) is 1.42. The minimum Gasteiger partial charge on any atom is -0.369 e. The van der Waals surface area contributed by atoms with Gasteiger partial charge in [0, 0.05) is 14.1 Å². The van der Waals surface area contributed by atoms with Gasteiger partial charge in [0.15, 0.2) is 1.41 Å². The Kier molecular flexibility index (Phi) is 0.947. The monoisotopic (exact) mass is 72.1 g/mol. The molecule has 0 unspecified atom stereocenters. The van der Waals surface area contributed by atoms with E-state index in [0.29, 0.717) is 0 Å². The molecule has 0 saturated heterocycles. The van der Waals surface area contributed by atoms with E-state index in [1.54, 1.807) is 4.90 Å². The van der Waals surface area contributed by atoms with Gasteiger partial charge in [-0.25, -0.2) is 0 Å². The van der Waals surface area contributed by atoms with Gasteiger partial charge in [0.1, 0.15) is 0 Å². The first kappa shape index (κ1) is 2.69. The summed E-state index contributed by atoms with van der Waals surface area (Å²) in [6.45, 7) is 0. The third-order valence-corrected chi connectivity index (χ3v) is 0.231. The maximum absolute atomic E-state index is 6.26. The van der Waals surface area contributed by atoms with Crippen molar-refractivity contribution in [3.63, 3.8) is 0 Å². The molecule has 0 aliphatic carbocycles. The predicted molar refractivity (Wildman–Crippen MR) is 22.5 cm³/mol. The molecule has 0 saturated carbocycles. The molecule has 2 nitrogen and oxygen atoms in total. The highest BCUT2D eigenvalue weighted by atomic mass is 15.1. The van der Waals surface area contributed by atoms with Crippen LogP contribution in [-0.4, -0.2) is 25.3 Å². The van der Waals surface area contributed by atoms with Crippen LogP contribution in [-0.2, 0) is 0 Å². The fourth-order valence-corrected chi connectivity index (χ4v) is 0. The van der Waals surface area contributed by atoms with Gasteiger partial charge in [-0.05, 0) is 0 Å². The quantitative estimate of drug-likeness (QED) is 0.346. The van der Waals surface area contributed by atoms with Crippen molar-refractivity contribution < 1.29 is 1.41 Å². The highest BCUT2D eigenvalue weighted by molar-refractivity contribution is 5.49. The Labute approximate surface area is 33.4 Å². The Morgan fingerprint density at radius 3 is 2.60 bits per heavy atom. The molecule has 0 aromatic carbocycles. The number of hydrogen-bond acceptors (Lipinski definition) is 1. The van der Waals surface area contributed by atoms with E-state index in [2.05, 4.69) is 5.40 Å². The van der Waals surface area contributed by atoms with Crippen molar-refractivity contribution in [2.24, 2.45) is 0 Å². The van der Waals surface area contributed by atoms with Crippen molar-refractivity contribution >= 4 is 6.34 Å². The third kappa shape index (κ3) is 3.47.